The highest BCUT2D eigenvalue weighted by molar-refractivity contribution is 6.36. The minimum absolute atomic E-state index is 0.214. The first-order chi connectivity index (χ1) is 8.90. The summed E-state index contributed by atoms with van der Waals surface area (Å²) in [6, 6.07) is 4.57. The number of hydrogen-bond donors (Lipinski definition) is 2. The summed E-state index contributed by atoms with van der Waals surface area (Å²) in [7, 11) is 1.59. The molecule has 2 N–H and O–H groups in total. The number of ether oxygens (including phenoxy) is 1. The van der Waals surface area contributed by atoms with Crippen molar-refractivity contribution in [2.75, 3.05) is 17.3 Å². The van der Waals surface area contributed by atoms with Crippen molar-refractivity contribution in [3.8, 4) is 5.75 Å². The Balaban J connectivity index is 2.31. The van der Waals surface area contributed by atoms with Gasteiger partial charge in [-0.15, -0.1) is 0 Å². The van der Waals surface area contributed by atoms with E-state index in [0.717, 1.165) is 0 Å². The molecule has 1 unspecified atom stereocenters. The first-order valence-corrected chi connectivity index (χ1v) is 5.52. The molecule has 7 nitrogen and oxygen atoms in total. The number of nitrogens with one attached hydrogen (secondary N) is 1. The Hall–Kier alpha value is -2.57. The lowest BCUT2D eigenvalue weighted by molar-refractivity contribution is -0.147. The maximum Gasteiger partial charge on any atom is 0.394 e. The van der Waals surface area contributed by atoms with Crippen LogP contribution in [0.4, 0.5) is 11.4 Å². The molecule has 19 heavy (non-hydrogen) atoms. The lowest BCUT2D eigenvalue weighted by Gasteiger charge is -2.30. The molecule has 1 aliphatic rings. The van der Waals surface area contributed by atoms with Crippen molar-refractivity contribution in [3.63, 3.8) is 0 Å². The summed E-state index contributed by atoms with van der Waals surface area (Å²) in [5.74, 6) is -2.43. The SMILES string of the molecule is CC1Oc2ccc(NC(=O)C(=O)O)cc2N(C)C1=O. The third kappa shape index (κ3) is 2.35. The zero-order chi connectivity index (χ0) is 14.2. The summed E-state index contributed by atoms with van der Waals surface area (Å²) in [6.45, 7) is 1.64. The van der Waals surface area contributed by atoms with Crippen LogP contribution in [-0.2, 0) is 14.4 Å². The van der Waals surface area contributed by atoms with Gasteiger partial charge in [0.05, 0.1) is 5.69 Å². The zero-order valence-electron chi connectivity index (χ0n) is 10.3. The fourth-order valence-electron chi connectivity index (χ4n) is 1.77. The van der Waals surface area contributed by atoms with E-state index in [2.05, 4.69) is 5.32 Å². The fraction of sp³-hybridized carbons (Fsp3) is 0.250. The van der Waals surface area contributed by atoms with Gasteiger partial charge in [0.2, 0.25) is 0 Å². The Kier molecular flexibility index (Phi) is 3.12. The van der Waals surface area contributed by atoms with E-state index in [1.54, 1.807) is 20.0 Å². The van der Waals surface area contributed by atoms with E-state index in [9.17, 15) is 14.4 Å². The van der Waals surface area contributed by atoms with Crippen molar-refractivity contribution in [1.29, 1.82) is 0 Å². The number of carboxylic acids is 1. The van der Waals surface area contributed by atoms with Crippen LogP contribution in [0, 0.1) is 0 Å². The number of amides is 2. The lowest BCUT2D eigenvalue weighted by atomic mass is 10.2. The standard InChI is InChI=1S/C12H12N2O5/c1-6-11(16)14(2)8-5-7(3-4-9(8)19-6)13-10(15)12(17)18/h3-6H,1-2H3,(H,13,15)(H,17,18). The van der Waals surface area contributed by atoms with Crippen molar-refractivity contribution in [1.82, 2.24) is 0 Å². The summed E-state index contributed by atoms with van der Waals surface area (Å²) in [5, 5.41) is 10.7. The Morgan fingerprint density at radius 3 is 2.74 bits per heavy atom. The summed E-state index contributed by atoms with van der Waals surface area (Å²) in [5.41, 5.74) is 0.759. The number of likely N-dealkylation sites (N-methyl/N-ethyl adjacent to an activating group) is 1. The van der Waals surface area contributed by atoms with Crippen LogP contribution >= 0.6 is 0 Å². The monoisotopic (exact) mass is 264 g/mol. The lowest BCUT2D eigenvalue weighted by Crippen LogP contribution is -2.42. The van der Waals surface area contributed by atoms with E-state index in [1.165, 1.54) is 17.0 Å². The molecule has 1 aromatic carbocycles. The van der Waals surface area contributed by atoms with Crippen molar-refractivity contribution in [3.05, 3.63) is 18.2 Å². The molecule has 0 aromatic heterocycles. The van der Waals surface area contributed by atoms with Gasteiger partial charge in [0, 0.05) is 12.7 Å². The van der Waals surface area contributed by atoms with Gasteiger partial charge in [-0.1, -0.05) is 0 Å². The highest BCUT2D eigenvalue weighted by Gasteiger charge is 2.29. The van der Waals surface area contributed by atoms with Gasteiger partial charge in [-0.25, -0.2) is 4.79 Å². The van der Waals surface area contributed by atoms with E-state index in [4.69, 9.17) is 9.84 Å². The van der Waals surface area contributed by atoms with Crippen LogP contribution in [0.1, 0.15) is 6.92 Å². The Morgan fingerprint density at radius 1 is 1.42 bits per heavy atom. The van der Waals surface area contributed by atoms with Crippen LogP contribution in [0.3, 0.4) is 0 Å². The molecule has 0 saturated carbocycles. The molecule has 0 aliphatic carbocycles. The maximum absolute atomic E-state index is 11.7. The molecule has 0 spiro atoms. The van der Waals surface area contributed by atoms with Crippen LogP contribution in [-0.4, -0.2) is 36.0 Å². The van der Waals surface area contributed by atoms with Gasteiger partial charge in [0.25, 0.3) is 5.91 Å². The normalized spacial score (nSPS) is 17.5. The van der Waals surface area contributed by atoms with Crippen LogP contribution in [0.25, 0.3) is 0 Å². The topological polar surface area (TPSA) is 95.9 Å². The number of nitrogens with zero attached hydrogens (tertiary/aromatic N) is 1. The van der Waals surface area contributed by atoms with Crippen molar-refractivity contribution < 1.29 is 24.2 Å². The number of rotatable bonds is 1. The number of hydrogen-bond acceptors (Lipinski definition) is 4. The van der Waals surface area contributed by atoms with E-state index >= 15 is 0 Å². The zero-order valence-corrected chi connectivity index (χ0v) is 10.3. The van der Waals surface area contributed by atoms with Crippen LogP contribution in [0.15, 0.2) is 18.2 Å². The molecule has 1 atom stereocenters. The van der Waals surface area contributed by atoms with E-state index in [1.807, 2.05) is 0 Å². The second-order valence-corrected chi connectivity index (χ2v) is 4.10. The molecule has 100 valence electrons. The molecule has 0 radical (unpaired) electrons. The van der Waals surface area contributed by atoms with Gasteiger partial charge in [0.15, 0.2) is 6.10 Å². The van der Waals surface area contributed by atoms with Gasteiger partial charge in [-0.3, -0.25) is 9.59 Å². The maximum atomic E-state index is 11.7. The molecule has 1 heterocycles. The highest BCUT2D eigenvalue weighted by Crippen LogP contribution is 2.35. The van der Waals surface area contributed by atoms with E-state index in [-0.39, 0.29) is 11.6 Å². The highest BCUT2D eigenvalue weighted by atomic mass is 16.5. The first kappa shape index (κ1) is 12.9. The summed E-state index contributed by atoms with van der Waals surface area (Å²) in [4.78, 5) is 34.7. The molecule has 0 saturated heterocycles. The summed E-state index contributed by atoms with van der Waals surface area (Å²) < 4.78 is 5.40. The minimum Gasteiger partial charge on any atom is -0.479 e. The second-order valence-electron chi connectivity index (χ2n) is 4.10. The predicted octanol–water partition coefficient (Wildman–Crippen LogP) is 0.453. The smallest absolute Gasteiger partial charge is 0.394 e. The Morgan fingerprint density at radius 2 is 2.11 bits per heavy atom. The molecular formula is C12H12N2O5. The summed E-state index contributed by atoms with van der Waals surface area (Å²) >= 11 is 0. The van der Waals surface area contributed by atoms with E-state index in [0.29, 0.717) is 11.4 Å². The molecule has 2 rings (SSSR count). The molecule has 2 amide bonds. The van der Waals surface area contributed by atoms with Gasteiger partial charge < -0.3 is 20.1 Å². The number of fused-ring (bicyclic) bond motifs is 1. The second kappa shape index (κ2) is 4.60. The summed E-state index contributed by atoms with van der Waals surface area (Å²) in [6.07, 6.45) is -0.572. The molecule has 0 fully saturated rings. The fourth-order valence-corrected chi connectivity index (χ4v) is 1.77. The number of aliphatic carboxylic acids is 1. The minimum atomic E-state index is -1.58. The van der Waals surface area contributed by atoms with Gasteiger partial charge in [-0.05, 0) is 25.1 Å². The largest absolute Gasteiger partial charge is 0.479 e. The average Bonchev–Trinajstić information content (AvgIpc) is 2.37. The molecular weight excluding hydrogens is 252 g/mol. The first-order valence-electron chi connectivity index (χ1n) is 5.52. The van der Waals surface area contributed by atoms with Crippen molar-refractivity contribution >= 4 is 29.2 Å². The number of anilines is 2. The number of benzene rings is 1. The number of carbonyl (C=O) groups is 3. The predicted molar refractivity (Wildman–Crippen MR) is 66.2 cm³/mol. The number of carboxylic acid groups (broad SMARTS) is 1. The average molecular weight is 264 g/mol. The van der Waals surface area contributed by atoms with Crippen molar-refractivity contribution in [2.45, 2.75) is 13.0 Å². The van der Waals surface area contributed by atoms with Gasteiger partial charge in [-0.2, -0.15) is 0 Å². The van der Waals surface area contributed by atoms with E-state index < -0.39 is 18.0 Å². The third-order valence-electron chi connectivity index (χ3n) is 2.75. The quantitative estimate of drug-likeness (QED) is 0.718. The molecule has 7 heteroatoms. The molecule has 1 aliphatic heterocycles. The molecule has 0 bridgehead atoms. The van der Waals surface area contributed by atoms with Crippen LogP contribution in [0.5, 0.6) is 5.75 Å². The Bertz CT molecular complexity index is 569. The number of carbonyl (C=O) groups excluding carboxylic acids is 2. The Labute approximate surface area is 108 Å². The van der Waals surface area contributed by atoms with Gasteiger partial charge >= 0.3 is 11.9 Å². The van der Waals surface area contributed by atoms with Gasteiger partial charge in [0.1, 0.15) is 5.75 Å². The van der Waals surface area contributed by atoms with Crippen LogP contribution in [0.2, 0.25) is 0 Å². The van der Waals surface area contributed by atoms with Crippen LogP contribution < -0.4 is 15.0 Å². The third-order valence-corrected chi connectivity index (χ3v) is 2.75. The van der Waals surface area contributed by atoms with Crippen molar-refractivity contribution in [2.24, 2.45) is 0 Å². The molecule has 1 aromatic rings.